The molecule has 0 radical (unpaired) electrons. The van der Waals surface area contributed by atoms with Gasteiger partial charge in [0.1, 0.15) is 16.3 Å². The van der Waals surface area contributed by atoms with Crippen molar-refractivity contribution < 1.29 is 4.74 Å². The molecule has 0 rings (SSSR count). The highest BCUT2D eigenvalue weighted by Gasteiger charge is 2.12. The molecule has 19 heavy (non-hydrogen) atoms. The molecule has 0 fully saturated rings. The Labute approximate surface area is 122 Å². The maximum Gasteiger partial charge on any atom is 0.103 e. The summed E-state index contributed by atoms with van der Waals surface area (Å²) in [5.74, 6) is 0.716. The summed E-state index contributed by atoms with van der Waals surface area (Å²) in [7, 11) is 0. The Morgan fingerprint density at radius 1 is 1.26 bits per heavy atom. The summed E-state index contributed by atoms with van der Waals surface area (Å²) in [5, 5.41) is 6.32. The first-order valence-corrected chi connectivity index (χ1v) is 6.81. The largest absolute Gasteiger partial charge is 0.492 e. The molecule has 0 aliphatic heterocycles. The van der Waals surface area contributed by atoms with Gasteiger partial charge in [-0.3, -0.25) is 0 Å². The van der Waals surface area contributed by atoms with Gasteiger partial charge in [0.25, 0.3) is 0 Å². The maximum absolute atomic E-state index is 5.62. The Hall–Kier alpha value is -1.13. The normalized spacial score (nSPS) is 11.4. The molecule has 0 amide bonds. The van der Waals surface area contributed by atoms with Crippen molar-refractivity contribution in [1.29, 1.82) is 0 Å². The predicted molar refractivity (Wildman–Crippen MR) is 87.4 cm³/mol. The molecule has 2 N–H and O–H groups in total. The molecule has 0 aliphatic rings. The lowest BCUT2D eigenvalue weighted by atomic mass is 10.2. The van der Waals surface area contributed by atoms with Crippen LogP contribution in [0.5, 0.6) is 0 Å². The van der Waals surface area contributed by atoms with Crippen molar-refractivity contribution in [3.05, 3.63) is 36.6 Å². The van der Waals surface area contributed by atoms with Crippen LogP contribution >= 0.6 is 12.2 Å². The quantitative estimate of drug-likeness (QED) is 0.310. The van der Waals surface area contributed by atoms with Gasteiger partial charge in [-0.05, 0) is 33.3 Å². The lowest BCUT2D eigenvalue weighted by molar-refractivity contribution is 0.0501. The van der Waals surface area contributed by atoms with Gasteiger partial charge in [0, 0.05) is 13.1 Å². The summed E-state index contributed by atoms with van der Waals surface area (Å²) in [6.45, 7) is 17.7. The van der Waals surface area contributed by atoms with Crippen molar-refractivity contribution >= 4 is 17.2 Å². The summed E-state index contributed by atoms with van der Waals surface area (Å²) >= 11 is 5.22. The standard InChI is InChI=1S/C15H26N2OS/c1-7-8-9-17-14(19)12(2)10-16-11-13(3)18-15(4,5)6/h7-8,16H,2-3,9-11H2,1,4-6H3,(H,17,19)/b8-7-. The first-order valence-electron chi connectivity index (χ1n) is 6.41. The van der Waals surface area contributed by atoms with E-state index in [9.17, 15) is 0 Å². The van der Waals surface area contributed by atoms with E-state index in [1.54, 1.807) is 0 Å². The minimum absolute atomic E-state index is 0.209. The second kappa shape index (κ2) is 8.88. The first-order chi connectivity index (χ1) is 8.76. The van der Waals surface area contributed by atoms with Crippen LogP contribution in [0.15, 0.2) is 36.6 Å². The van der Waals surface area contributed by atoms with Crippen LogP contribution in [0.4, 0.5) is 0 Å². The predicted octanol–water partition coefficient (Wildman–Crippen LogP) is 2.95. The lowest BCUT2D eigenvalue weighted by Gasteiger charge is -2.23. The number of ether oxygens (including phenoxy) is 1. The smallest absolute Gasteiger partial charge is 0.103 e. The van der Waals surface area contributed by atoms with E-state index in [2.05, 4.69) is 23.8 Å². The molecule has 0 aliphatic carbocycles. The molecule has 0 bridgehead atoms. The zero-order valence-electron chi connectivity index (χ0n) is 12.5. The molecule has 108 valence electrons. The molecule has 0 spiro atoms. The van der Waals surface area contributed by atoms with Crippen molar-refractivity contribution in [2.24, 2.45) is 0 Å². The van der Waals surface area contributed by atoms with Gasteiger partial charge >= 0.3 is 0 Å². The maximum atomic E-state index is 5.62. The second-order valence-corrected chi connectivity index (χ2v) is 5.65. The fraction of sp³-hybridized carbons (Fsp3) is 0.533. The van der Waals surface area contributed by atoms with E-state index in [-0.39, 0.29) is 5.60 Å². The topological polar surface area (TPSA) is 33.3 Å². The van der Waals surface area contributed by atoms with Crippen LogP contribution in [0.2, 0.25) is 0 Å². The Morgan fingerprint density at radius 2 is 1.89 bits per heavy atom. The van der Waals surface area contributed by atoms with Gasteiger partial charge < -0.3 is 15.4 Å². The van der Waals surface area contributed by atoms with E-state index in [4.69, 9.17) is 17.0 Å². The molecule has 0 aromatic rings. The molecule has 0 atom stereocenters. The molecule has 0 unspecified atom stereocenters. The van der Waals surface area contributed by atoms with E-state index in [1.807, 2.05) is 39.8 Å². The summed E-state index contributed by atoms with van der Waals surface area (Å²) in [4.78, 5) is 0.688. The minimum Gasteiger partial charge on any atom is -0.492 e. The van der Waals surface area contributed by atoms with Crippen molar-refractivity contribution in [1.82, 2.24) is 10.6 Å². The Bertz CT molecular complexity index is 354. The molecule has 3 nitrogen and oxygen atoms in total. The fourth-order valence-corrected chi connectivity index (χ4v) is 1.45. The van der Waals surface area contributed by atoms with Gasteiger partial charge in [0.2, 0.25) is 0 Å². The lowest BCUT2D eigenvalue weighted by Crippen LogP contribution is -2.30. The van der Waals surface area contributed by atoms with Gasteiger partial charge in [-0.25, -0.2) is 0 Å². The number of rotatable bonds is 8. The van der Waals surface area contributed by atoms with Crippen molar-refractivity contribution in [2.45, 2.75) is 33.3 Å². The summed E-state index contributed by atoms with van der Waals surface area (Å²) < 4.78 is 5.62. The van der Waals surface area contributed by atoms with Crippen molar-refractivity contribution in [3.63, 3.8) is 0 Å². The van der Waals surface area contributed by atoms with Gasteiger partial charge in [-0.1, -0.05) is 37.5 Å². The van der Waals surface area contributed by atoms with Crippen molar-refractivity contribution in [3.8, 4) is 0 Å². The third kappa shape index (κ3) is 10.5. The van der Waals surface area contributed by atoms with E-state index in [0.717, 1.165) is 12.1 Å². The Balaban J connectivity index is 3.85. The van der Waals surface area contributed by atoms with Crippen LogP contribution in [0.3, 0.4) is 0 Å². The molecule has 0 aromatic carbocycles. The van der Waals surface area contributed by atoms with E-state index in [1.165, 1.54) is 0 Å². The number of allylic oxidation sites excluding steroid dienone is 1. The van der Waals surface area contributed by atoms with Crippen LogP contribution < -0.4 is 10.6 Å². The monoisotopic (exact) mass is 282 g/mol. The average Bonchev–Trinajstić information content (AvgIpc) is 2.26. The summed E-state index contributed by atoms with van der Waals surface area (Å²) in [6, 6.07) is 0. The van der Waals surface area contributed by atoms with Gasteiger partial charge in [0.15, 0.2) is 0 Å². The second-order valence-electron chi connectivity index (χ2n) is 5.24. The molecule has 0 saturated carbocycles. The van der Waals surface area contributed by atoms with E-state index in [0.29, 0.717) is 23.8 Å². The number of nitrogens with one attached hydrogen (secondary N) is 2. The number of hydrogen-bond acceptors (Lipinski definition) is 3. The third-order valence-electron chi connectivity index (χ3n) is 2.05. The number of thiocarbonyl (C=S) groups is 1. The highest BCUT2D eigenvalue weighted by molar-refractivity contribution is 7.80. The van der Waals surface area contributed by atoms with Crippen LogP contribution in [0, 0.1) is 0 Å². The molecule has 4 heteroatoms. The van der Waals surface area contributed by atoms with Crippen LogP contribution in [-0.2, 0) is 4.74 Å². The van der Waals surface area contributed by atoms with Crippen molar-refractivity contribution in [2.75, 3.05) is 19.6 Å². The SMILES string of the molecule is C=C(CNCC(=C)C(=S)NC/C=C\C)OC(C)(C)C. The highest BCUT2D eigenvalue weighted by Crippen LogP contribution is 2.11. The average molecular weight is 282 g/mol. The highest BCUT2D eigenvalue weighted by atomic mass is 32.1. The van der Waals surface area contributed by atoms with Crippen LogP contribution in [0.25, 0.3) is 0 Å². The molecule has 0 heterocycles. The molecule has 0 aromatic heterocycles. The summed E-state index contributed by atoms with van der Waals surface area (Å²) in [5.41, 5.74) is 0.655. The Morgan fingerprint density at radius 3 is 2.42 bits per heavy atom. The van der Waals surface area contributed by atoms with Crippen LogP contribution in [-0.4, -0.2) is 30.2 Å². The molecule has 0 saturated heterocycles. The Kier molecular flexibility index (Phi) is 8.35. The number of hydrogen-bond donors (Lipinski definition) is 2. The molecular weight excluding hydrogens is 256 g/mol. The molecular formula is C15H26N2OS. The van der Waals surface area contributed by atoms with Gasteiger partial charge in [-0.15, -0.1) is 0 Å². The first kappa shape index (κ1) is 17.9. The zero-order valence-corrected chi connectivity index (χ0v) is 13.3. The van der Waals surface area contributed by atoms with E-state index >= 15 is 0 Å². The third-order valence-corrected chi connectivity index (χ3v) is 2.48. The van der Waals surface area contributed by atoms with Crippen LogP contribution in [0.1, 0.15) is 27.7 Å². The fourth-order valence-electron chi connectivity index (χ4n) is 1.30. The van der Waals surface area contributed by atoms with E-state index < -0.39 is 0 Å². The van der Waals surface area contributed by atoms with Gasteiger partial charge in [0.05, 0.1) is 6.54 Å². The summed E-state index contributed by atoms with van der Waals surface area (Å²) in [6.07, 6.45) is 3.98. The zero-order chi connectivity index (χ0) is 14.9. The minimum atomic E-state index is -0.209. The van der Waals surface area contributed by atoms with Gasteiger partial charge in [-0.2, -0.15) is 0 Å².